The molecular formula is C10H19NO. The summed E-state index contributed by atoms with van der Waals surface area (Å²) >= 11 is 0. The molecule has 1 saturated heterocycles. The maximum atomic E-state index is 10.7. The third kappa shape index (κ3) is 2.31. The number of piperidine rings is 1. The standard InChI is InChI=1S/C10H19NO/c1-3-9(8-12)10-4-6-11(2)7-5-10/h8-10H,3-7H2,1-2H3. The number of hydrogen-bond donors (Lipinski definition) is 0. The Hall–Kier alpha value is -0.370. The summed E-state index contributed by atoms with van der Waals surface area (Å²) in [5.74, 6) is 0.974. The van der Waals surface area contributed by atoms with Crippen LogP contribution in [0.3, 0.4) is 0 Å². The van der Waals surface area contributed by atoms with Crippen molar-refractivity contribution in [1.82, 2.24) is 4.90 Å². The molecule has 1 atom stereocenters. The molecule has 1 aliphatic rings. The molecule has 2 nitrogen and oxygen atoms in total. The van der Waals surface area contributed by atoms with Gasteiger partial charge in [-0.2, -0.15) is 0 Å². The van der Waals surface area contributed by atoms with Gasteiger partial charge < -0.3 is 9.69 Å². The molecule has 1 heterocycles. The molecule has 1 fully saturated rings. The van der Waals surface area contributed by atoms with Crippen molar-refractivity contribution in [1.29, 1.82) is 0 Å². The SMILES string of the molecule is CCC(C=O)C1CCN(C)CC1. The lowest BCUT2D eigenvalue weighted by molar-refractivity contribution is -0.113. The minimum absolute atomic E-state index is 0.318. The first-order valence-electron chi connectivity index (χ1n) is 4.91. The molecule has 0 aromatic heterocycles. The van der Waals surface area contributed by atoms with Crippen LogP contribution in [0.1, 0.15) is 26.2 Å². The molecule has 0 radical (unpaired) electrons. The van der Waals surface area contributed by atoms with Gasteiger partial charge >= 0.3 is 0 Å². The monoisotopic (exact) mass is 169 g/mol. The fraction of sp³-hybridized carbons (Fsp3) is 0.900. The second-order valence-electron chi connectivity index (χ2n) is 3.85. The molecule has 70 valence electrons. The van der Waals surface area contributed by atoms with Crippen LogP contribution in [0.4, 0.5) is 0 Å². The molecule has 0 amide bonds. The lowest BCUT2D eigenvalue weighted by Crippen LogP contribution is -2.33. The Morgan fingerprint density at radius 3 is 2.50 bits per heavy atom. The van der Waals surface area contributed by atoms with E-state index >= 15 is 0 Å². The van der Waals surface area contributed by atoms with Gasteiger partial charge in [-0.3, -0.25) is 0 Å². The molecule has 2 heteroatoms. The average Bonchev–Trinajstić information content (AvgIpc) is 2.10. The van der Waals surface area contributed by atoms with E-state index in [4.69, 9.17) is 0 Å². The van der Waals surface area contributed by atoms with Gasteiger partial charge in [0.25, 0.3) is 0 Å². The second-order valence-corrected chi connectivity index (χ2v) is 3.85. The van der Waals surface area contributed by atoms with Crippen LogP contribution in [-0.2, 0) is 4.79 Å². The Kier molecular flexibility index (Phi) is 3.73. The smallest absolute Gasteiger partial charge is 0.123 e. The molecule has 12 heavy (non-hydrogen) atoms. The topological polar surface area (TPSA) is 20.3 Å². The fourth-order valence-electron chi connectivity index (χ4n) is 2.00. The Bertz CT molecular complexity index is 139. The predicted octanol–water partition coefficient (Wildman–Crippen LogP) is 1.55. The van der Waals surface area contributed by atoms with Crippen molar-refractivity contribution in [3.63, 3.8) is 0 Å². The maximum absolute atomic E-state index is 10.7. The maximum Gasteiger partial charge on any atom is 0.123 e. The highest BCUT2D eigenvalue weighted by Crippen LogP contribution is 2.24. The van der Waals surface area contributed by atoms with E-state index in [9.17, 15) is 4.79 Å². The van der Waals surface area contributed by atoms with Gasteiger partial charge in [-0.05, 0) is 45.3 Å². The Balaban J connectivity index is 2.37. The van der Waals surface area contributed by atoms with Crippen LogP contribution < -0.4 is 0 Å². The minimum Gasteiger partial charge on any atom is -0.306 e. The highest BCUT2D eigenvalue weighted by Gasteiger charge is 2.23. The van der Waals surface area contributed by atoms with Crippen molar-refractivity contribution in [2.24, 2.45) is 11.8 Å². The van der Waals surface area contributed by atoms with E-state index in [0.717, 1.165) is 25.8 Å². The van der Waals surface area contributed by atoms with Gasteiger partial charge in [0.15, 0.2) is 0 Å². The predicted molar refractivity (Wildman–Crippen MR) is 50.1 cm³/mol. The summed E-state index contributed by atoms with van der Waals surface area (Å²) in [4.78, 5) is 13.0. The molecule has 0 N–H and O–H groups in total. The molecule has 0 aromatic rings. The second kappa shape index (κ2) is 4.61. The summed E-state index contributed by atoms with van der Waals surface area (Å²) in [6.07, 6.45) is 4.56. The molecule has 1 aliphatic heterocycles. The van der Waals surface area contributed by atoms with Gasteiger partial charge in [0.1, 0.15) is 6.29 Å². The Labute approximate surface area is 74.9 Å². The van der Waals surface area contributed by atoms with Gasteiger partial charge in [0.05, 0.1) is 0 Å². The fourth-order valence-corrected chi connectivity index (χ4v) is 2.00. The van der Waals surface area contributed by atoms with Gasteiger partial charge in [0.2, 0.25) is 0 Å². The van der Waals surface area contributed by atoms with Crippen molar-refractivity contribution in [2.75, 3.05) is 20.1 Å². The number of nitrogens with zero attached hydrogens (tertiary/aromatic N) is 1. The van der Waals surface area contributed by atoms with Crippen LogP contribution in [0.5, 0.6) is 0 Å². The van der Waals surface area contributed by atoms with Crippen LogP contribution >= 0.6 is 0 Å². The number of likely N-dealkylation sites (tertiary alicyclic amines) is 1. The van der Waals surface area contributed by atoms with Crippen molar-refractivity contribution in [3.8, 4) is 0 Å². The zero-order valence-corrected chi connectivity index (χ0v) is 8.12. The lowest BCUT2D eigenvalue weighted by atomic mass is 9.84. The van der Waals surface area contributed by atoms with Crippen LogP contribution in [0.2, 0.25) is 0 Å². The molecule has 0 aliphatic carbocycles. The zero-order chi connectivity index (χ0) is 8.97. The van der Waals surface area contributed by atoms with Crippen LogP contribution in [0.15, 0.2) is 0 Å². The Morgan fingerprint density at radius 2 is 2.08 bits per heavy atom. The molecule has 1 rings (SSSR count). The zero-order valence-electron chi connectivity index (χ0n) is 8.12. The van der Waals surface area contributed by atoms with Gasteiger partial charge in [0, 0.05) is 5.92 Å². The molecular weight excluding hydrogens is 150 g/mol. The highest BCUT2D eigenvalue weighted by atomic mass is 16.1. The van der Waals surface area contributed by atoms with Crippen LogP contribution in [0, 0.1) is 11.8 Å². The third-order valence-electron chi connectivity index (χ3n) is 3.01. The van der Waals surface area contributed by atoms with E-state index in [0.29, 0.717) is 11.8 Å². The highest BCUT2D eigenvalue weighted by molar-refractivity contribution is 5.53. The number of carbonyl (C=O) groups is 1. The third-order valence-corrected chi connectivity index (χ3v) is 3.01. The van der Waals surface area contributed by atoms with E-state index < -0.39 is 0 Å². The van der Waals surface area contributed by atoms with Crippen molar-refractivity contribution in [3.05, 3.63) is 0 Å². The summed E-state index contributed by atoms with van der Waals surface area (Å²) in [5.41, 5.74) is 0. The first-order valence-corrected chi connectivity index (χ1v) is 4.91. The first-order chi connectivity index (χ1) is 5.77. The summed E-state index contributed by atoms with van der Waals surface area (Å²) in [5, 5.41) is 0. The quantitative estimate of drug-likeness (QED) is 0.597. The largest absolute Gasteiger partial charge is 0.306 e. The van der Waals surface area contributed by atoms with Gasteiger partial charge in [-0.15, -0.1) is 0 Å². The van der Waals surface area contributed by atoms with E-state index in [-0.39, 0.29) is 0 Å². The van der Waals surface area contributed by atoms with E-state index in [1.807, 2.05) is 0 Å². The van der Waals surface area contributed by atoms with E-state index in [2.05, 4.69) is 18.9 Å². The van der Waals surface area contributed by atoms with E-state index in [1.165, 1.54) is 12.8 Å². The number of hydrogen-bond acceptors (Lipinski definition) is 2. The molecule has 0 spiro atoms. The van der Waals surface area contributed by atoms with Gasteiger partial charge in [-0.25, -0.2) is 0 Å². The van der Waals surface area contributed by atoms with Gasteiger partial charge in [-0.1, -0.05) is 6.92 Å². The van der Waals surface area contributed by atoms with Crippen molar-refractivity contribution in [2.45, 2.75) is 26.2 Å². The summed E-state index contributed by atoms with van der Waals surface area (Å²) in [6, 6.07) is 0. The molecule has 1 unspecified atom stereocenters. The van der Waals surface area contributed by atoms with Crippen molar-refractivity contribution >= 4 is 6.29 Å². The average molecular weight is 169 g/mol. The minimum atomic E-state index is 0.318. The number of rotatable bonds is 3. The summed E-state index contributed by atoms with van der Waals surface area (Å²) < 4.78 is 0. The number of aldehydes is 1. The Morgan fingerprint density at radius 1 is 1.50 bits per heavy atom. The molecule has 0 bridgehead atoms. The summed E-state index contributed by atoms with van der Waals surface area (Å²) in [7, 11) is 2.15. The molecule has 0 saturated carbocycles. The first kappa shape index (κ1) is 9.72. The lowest BCUT2D eigenvalue weighted by Gasteiger charge is -2.31. The normalized spacial score (nSPS) is 23.8. The van der Waals surface area contributed by atoms with Crippen molar-refractivity contribution < 1.29 is 4.79 Å². The van der Waals surface area contributed by atoms with Crippen LogP contribution in [0.25, 0.3) is 0 Å². The summed E-state index contributed by atoms with van der Waals surface area (Å²) in [6.45, 7) is 4.43. The molecule has 0 aromatic carbocycles. The van der Waals surface area contributed by atoms with Crippen LogP contribution in [-0.4, -0.2) is 31.3 Å². The van der Waals surface area contributed by atoms with E-state index in [1.54, 1.807) is 0 Å². The number of carbonyl (C=O) groups excluding carboxylic acids is 1.